The summed E-state index contributed by atoms with van der Waals surface area (Å²) in [4.78, 5) is 36.8. The van der Waals surface area contributed by atoms with Crippen molar-refractivity contribution >= 4 is 39.0 Å². The van der Waals surface area contributed by atoms with Gasteiger partial charge in [0.25, 0.3) is 0 Å². The van der Waals surface area contributed by atoms with Crippen molar-refractivity contribution in [2.75, 3.05) is 58.7 Å². The average Bonchev–Trinajstić information content (AvgIpc) is 3.25. The number of hydrogen-bond donors (Lipinski definition) is 4. The minimum atomic E-state index is -0.553. The third-order valence-electron chi connectivity index (χ3n) is 9.68. The molecular formula is C52H80N4O7S. The standard InChI is InChI=1S/C24H35N3O5.C11H16O.C8H9NO.C7H18S.C2H2/c1-4-31-24(32-5-2)16-27(23(30)14-26-22(29)13-20(17-28)25-3)15-19-11-8-10-18-9-6-7-12-21(18)19;1-9-5-7-10(8-6-9)12-11(2,3)4;10-7-9-6-8-4-2-1-3-5-8;1-7(2,3)8(4,5)6;1-2/h6-12,20,24-25,28H,4-5,13-17H2,1-3H3,(H,26,29);5-8H,1-4H3;1-5,7H,6H2,(H,9,10);1-6H3;1-2H/t20-;;;;/m0..../s1. The van der Waals surface area contributed by atoms with Crippen LogP contribution in [0.2, 0.25) is 0 Å². The monoisotopic (exact) mass is 905 g/mol. The fraction of sp³-hybridized carbons (Fsp3) is 0.481. The fourth-order valence-electron chi connectivity index (χ4n) is 5.15. The molecule has 0 unspecified atom stereocenters. The van der Waals surface area contributed by atoms with Crippen LogP contribution in [-0.2, 0) is 36.9 Å². The van der Waals surface area contributed by atoms with Crippen LogP contribution in [-0.4, -0.2) is 110 Å². The number of aliphatic hydroxyl groups is 1. The van der Waals surface area contributed by atoms with Gasteiger partial charge in [-0.25, -0.2) is 10.0 Å². The summed E-state index contributed by atoms with van der Waals surface area (Å²) in [5.74, 6) is 0.400. The Bertz CT molecular complexity index is 1860. The summed E-state index contributed by atoms with van der Waals surface area (Å²) in [6.45, 7) is 20.7. The number of ether oxygens (including phenoxy) is 3. The van der Waals surface area contributed by atoms with Gasteiger partial charge in [0.05, 0.1) is 19.7 Å². The highest BCUT2D eigenvalue weighted by Gasteiger charge is 2.23. The molecule has 4 aromatic rings. The number of aliphatic hydroxyl groups excluding tert-OH is 1. The molecule has 0 spiro atoms. The Balaban J connectivity index is 0.00000100. The molecule has 0 aliphatic heterocycles. The summed E-state index contributed by atoms with van der Waals surface area (Å²) in [5.41, 5.74) is 3.28. The topological polar surface area (TPSA) is 138 Å². The number of likely N-dealkylation sites (N-methyl/N-ethyl adjacent to an activating group) is 1. The smallest absolute Gasteiger partial charge is 0.242 e. The van der Waals surface area contributed by atoms with Crippen LogP contribution in [0.4, 0.5) is 0 Å². The van der Waals surface area contributed by atoms with Crippen LogP contribution < -0.4 is 20.7 Å². The molecule has 0 bridgehead atoms. The number of rotatable bonds is 18. The van der Waals surface area contributed by atoms with Crippen LogP contribution >= 0.6 is 10.0 Å². The van der Waals surface area contributed by atoms with Gasteiger partial charge in [0.2, 0.25) is 18.2 Å². The molecule has 0 fully saturated rings. The first-order chi connectivity index (χ1) is 30.2. The number of nitrogens with one attached hydrogen (secondary N) is 3. The second-order valence-corrected chi connectivity index (χ2v) is 22.3. The van der Waals surface area contributed by atoms with E-state index in [4.69, 9.17) is 14.2 Å². The third kappa shape index (κ3) is 26.0. The number of aryl methyl sites for hydroxylation is 1. The number of hydrogen-bond acceptors (Lipinski definition) is 8. The number of nitrogens with zero attached hydrogens (tertiary/aromatic N) is 1. The Morgan fingerprint density at radius 1 is 0.828 bits per heavy atom. The maximum atomic E-state index is 13.1. The molecule has 1 atom stereocenters. The molecule has 4 N–H and O–H groups in total. The quantitative estimate of drug-likeness (QED) is 0.0444. The van der Waals surface area contributed by atoms with Crippen molar-refractivity contribution in [3.63, 3.8) is 0 Å². The van der Waals surface area contributed by atoms with Gasteiger partial charge in [-0.05, 0) is 106 Å². The van der Waals surface area contributed by atoms with E-state index < -0.39 is 6.29 Å². The zero-order valence-electron chi connectivity index (χ0n) is 41.0. The van der Waals surface area contributed by atoms with Gasteiger partial charge in [-0.2, -0.15) is 0 Å². The molecule has 0 aliphatic rings. The summed E-state index contributed by atoms with van der Waals surface area (Å²) in [6, 6.07) is 31.6. The zero-order chi connectivity index (χ0) is 48.8. The van der Waals surface area contributed by atoms with E-state index in [9.17, 15) is 19.5 Å². The van der Waals surface area contributed by atoms with Crippen molar-refractivity contribution in [2.45, 2.75) is 105 Å². The van der Waals surface area contributed by atoms with Crippen LogP contribution in [0.15, 0.2) is 97.1 Å². The van der Waals surface area contributed by atoms with Gasteiger partial charge in [-0.1, -0.05) is 111 Å². The number of amides is 3. The fourth-order valence-corrected chi connectivity index (χ4v) is 5.15. The Kier molecular flexibility index (Phi) is 29.4. The molecule has 0 saturated carbocycles. The Morgan fingerprint density at radius 2 is 1.38 bits per heavy atom. The first-order valence-electron chi connectivity index (χ1n) is 21.7. The van der Waals surface area contributed by atoms with Gasteiger partial charge in [-0.3, -0.25) is 14.4 Å². The van der Waals surface area contributed by atoms with Gasteiger partial charge < -0.3 is 40.2 Å². The lowest BCUT2D eigenvalue weighted by molar-refractivity contribution is -0.159. The number of fused-ring (bicyclic) bond motifs is 1. The van der Waals surface area contributed by atoms with Crippen molar-refractivity contribution in [3.05, 3.63) is 114 Å². The molecule has 12 heteroatoms. The molecule has 4 aromatic carbocycles. The molecule has 4 rings (SSSR count). The molecule has 0 aromatic heterocycles. The number of benzene rings is 4. The lowest BCUT2D eigenvalue weighted by atomic mass is 10.0. The van der Waals surface area contributed by atoms with E-state index in [1.807, 2.05) is 120 Å². The molecule has 0 saturated heterocycles. The van der Waals surface area contributed by atoms with Crippen LogP contribution in [0, 0.1) is 19.8 Å². The predicted octanol–water partition coefficient (Wildman–Crippen LogP) is 8.49. The summed E-state index contributed by atoms with van der Waals surface area (Å²) < 4.78 is 17.5. The first kappa shape index (κ1) is 59.1. The Labute approximate surface area is 387 Å². The summed E-state index contributed by atoms with van der Waals surface area (Å²) in [5, 5.41) is 19.5. The van der Waals surface area contributed by atoms with E-state index >= 15 is 0 Å². The highest BCUT2D eigenvalue weighted by atomic mass is 32.3. The second kappa shape index (κ2) is 31.9. The molecular weight excluding hydrogens is 825 g/mol. The summed E-state index contributed by atoms with van der Waals surface area (Å²) >= 11 is 0. The van der Waals surface area contributed by atoms with Crippen LogP contribution in [0.3, 0.4) is 0 Å². The van der Waals surface area contributed by atoms with Crippen molar-refractivity contribution in [3.8, 4) is 18.6 Å². The van der Waals surface area contributed by atoms with E-state index in [2.05, 4.69) is 87.4 Å². The van der Waals surface area contributed by atoms with Crippen molar-refractivity contribution in [2.24, 2.45) is 0 Å². The number of terminal acetylenes is 1. The lowest BCUT2D eigenvalue weighted by Gasteiger charge is -2.40. The van der Waals surface area contributed by atoms with E-state index in [-0.39, 0.29) is 59.6 Å². The van der Waals surface area contributed by atoms with E-state index in [0.717, 1.165) is 27.6 Å². The summed E-state index contributed by atoms with van der Waals surface area (Å²) in [6.07, 6.45) is 15.3. The molecule has 3 amide bonds. The van der Waals surface area contributed by atoms with Gasteiger partial charge in [0.1, 0.15) is 11.4 Å². The number of carbonyl (C=O) groups is 3. The van der Waals surface area contributed by atoms with Crippen molar-refractivity contribution in [1.82, 2.24) is 20.9 Å². The third-order valence-corrected chi connectivity index (χ3v) is 13.4. The lowest BCUT2D eigenvalue weighted by Crippen LogP contribution is -2.45. The largest absolute Gasteiger partial charge is 0.488 e. The SMILES string of the molecule is C#C.CC(C)(C)S(C)(C)C.CCOC(CN(Cc1cccc2ccccc12)C(=O)CNC(=O)C[C@@H](CO)NC)OCC.Cc1ccc(OC(C)(C)C)cc1.O=CNCc1ccccc1. The first-order valence-corrected chi connectivity index (χ1v) is 24.5. The Hall–Kier alpha value is -4.90. The number of carbonyl (C=O) groups excluding carboxylic acids is 3. The molecule has 0 radical (unpaired) electrons. The highest BCUT2D eigenvalue weighted by Crippen LogP contribution is 2.48. The molecule has 0 heterocycles. The van der Waals surface area contributed by atoms with Crippen molar-refractivity contribution in [1.29, 1.82) is 0 Å². The van der Waals surface area contributed by atoms with Gasteiger partial charge >= 0.3 is 0 Å². The Morgan fingerprint density at radius 3 is 1.88 bits per heavy atom. The minimum absolute atomic E-state index is 0.0874. The molecule has 11 nitrogen and oxygen atoms in total. The van der Waals surface area contributed by atoms with Crippen LogP contribution in [0.25, 0.3) is 10.8 Å². The van der Waals surface area contributed by atoms with Gasteiger partial charge in [0.15, 0.2) is 6.29 Å². The molecule has 0 aliphatic carbocycles. The maximum absolute atomic E-state index is 13.1. The van der Waals surface area contributed by atoms with Crippen LogP contribution in [0.5, 0.6) is 5.75 Å². The zero-order valence-corrected chi connectivity index (χ0v) is 41.8. The summed E-state index contributed by atoms with van der Waals surface area (Å²) in [7, 11) is 1.33. The predicted molar refractivity (Wildman–Crippen MR) is 270 cm³/mol. The maximum Gasteiger partial charge on any atom is 0.242 e. The molecule has 356 valence electrons. The van der Waals surface area contributed by atoms with Gasteiger partial charge in [0, 0.05) is 38.8 Å². The normalized spacial score (nSPS) is 11.6. The van der Waals surface area contributed by atoms with E-state index in [1.165, 1.54) is 5.56 Å². The van der Waals surface area contributed by atoms with E-state index in [0.29, 0.717) is 37.5 Å². The molecule has 64 heavy (non-hydrogen) atoms. The van der Waals surface area contributed by atoms with Gasteiger partial charge in [-0.15, -0.1) is 12.8 Å². The minimum Gasteiger partial charge on any atom is -0.488 e. The highest BCUT2D eigenvalue weighted by molar-refractivity contribution is 8.33. The van der Waals surface area contributed by atoms with Crippen LogP contribution in [0.1, 0.15) is 78.5 Å². The van der Waals surface area contributed by atoms with Crippen molar-refractivity contribution < 1.29 is 33.7 Å². The second-order valence-electron chi connectivity index (χ2n) is 17.4. The average molecular weight is 905 g/mol. The van der Waals surface area contributed by atoms with E-state index in [1.54, 1.807) is 11.9 Å².